The van der Waals surface area contributed by atoms with Crippen LogP contribution in [0.5, 0.6) is 5.75 Å². The van der Waals surface area contributed by atoms with E-state index in [1.807, 2.05) is 0 Å². The molecule has 6 heteroatoms. The maximum Gasteiger partial charge on any atom is 0.339 e. The number of hydrogen-bond donors (Lipinski definition) is 1. The van der Waals surface area contributed by atoms with E-state index in [0.29, 0.717) is 41.1 Å². The third-order valence-electron chi connectivity index (χ3n) is 2.43. The second-order valence-corrected chi connectivity index (χ2v) is 4.55. The van der Waals surface area contributed by atoms with E-state index in [-0.39, 0.29) is 5.91 Å². The van der Waals surface area contributed by atoms with Crippen LogP contribution in [0.25, 0.3) is 0 Å². The van der Waals surface area contributed by atoms with Gasteiger partial charge < -0.3 is 14.8 Å². The van der Waals surface area contributed by atoms with Crippen molar-refractivity contribution in [3.8, 4) is 5.75 Å². The van der Waals surface area contributed by atoms with Crippen LogP contribution in [0.2, 0.25) is 0 Å². The number of amides is 1. The number of carbonyl (C=O) groups is 2. The normalized spacial score (nSPS) is 14.0. The van der Waals surface area contributed by atoms with Crippen molar-refractivity contribution in [2.45, 2.75) is 13.3 Å². The number of benzene rings is 1. The third kappa shape index (κ3) is 2.64. The lowest BCUT2D eigenvalue weighted by Gasteiger charge is -2.11. The Labute approximate surface area is 113 Å². The van der Waals surface area contributed by atoms with Crippen molar-refractivity contribution in [3.05, 3.63) is 22.2 Å². The molecular formula is C12H12BrNO4. The standard InChI is InChI=1S/C12H12BrNO4/c1-2-17-12(16)7-5-9-10(6-8(7)13)18-4-3-11(15)14-9/h5-6H,2-4H2,1H3,(H,14,15). The highest BCUT2D eigenvalue weighted by molar-refractivity contribution is 9.10. The number of halogens is 1. The molecule has 1 aromatic carbocycles. The lowest BCUT2D eigenvalue weighted by Crippen LogP contribution is -2.11. The van der Waals surface area contributed by atoms with Gasteiger partial charge in [-0.15, -0.1) is 0 Å². The fraction of sp³-hybridized carbons (Fsp3) is 0.333. The van der Waals surface area contributed by atoms with E-state index in [2.05, 4.69) is 21.2 Å². The minimum Gasteiger partial charge on any atom is -0.491 e. The fourth-order valence-corrected chi connectivity index (χ4v) is 2.09. The molecular weight excluding hydrogens is 302 g/mol. The monoisotopic (exact) mass is 313 g/mol. The first kappa shape index (κ1) is 12.9. The first-order chi connectivity index (χ1) is 8.61. The van der Waals surface area contributed by atoms with Crippen LogP contribution in [0.3, 0.4) is 0 Å². The van der Waals surface area contributed by atoms with Crippen molar-refractivity contribution >= 4 is 33.5 Å². The van der Waals surface area contributed by atoms with Gasteiger partial charge in [-0.05, 0) is 35.0 Å². The highest BCUT2D eigenvalue weighted by Gasteiger charge is 2.19. The molecule has 1 aliphatic heterocycles. The SMILES string of the molecule is CCOC(=O)c1cc2c(cc1Br)OCCC(=O)N2. The van der Waals surface area contributed by atoms with Gasteiger partial charge in [-0.3, -0.25) is 4.79 Å². The van der Waals surface area contributed by atoms with Crippen LogP contribution in [0.15, 0.2) is 16.6 Å². The van der Waals surface area contributed by atoms with E-state index < -0.39 is 5.97 Å². The number of nitrogens with one attached hydrogen (secondary N) is 1. The zero-order chi connectivity index (χ0) is 13.1. The van der Waals surface area contributed by atoms with Gasteiger partial charge in [0.2, 0.25) is 5.91 Å². The number of anilines is 1. The van der Waals surface area contributed by atoms with Crippen LogP contribution >= 0.6 is 15.9 Å². The van der Waals surface area contributed by atoms with Gasteiger partial charge in [-0.1, -0.05) is 0 Å². The second kappa shape index (κ2) is 5.39. The summed E-state index contributed by atoms with van der Waals surface area (Å²) in [6.07, 6.45) is 0.293. The van der Waals surface area contributed by atoms with Crippen LogP contribution < -0.4 is 10.1 Å². The number of rotatable bonds is 2. The number of hydrogen-bond acceptors (Lipinski definition) is 4. The van der Waals surface area contributed by atoms with Crippen molar-refractivity contribution in [2.75, 3.05) is 18.5 Å². The molecule has 1 N–H and O–H groups in total. The van der Waals surface area contributed by atoms with E-state index >= 15 is 0 Å². The Hall–Kier alpha value is -1.56. The lowest BCUT2D eigenvalue weighted by molar-refractivity contribution is -0.116. The summed E-state index contributed by atoms with van der Waals surface area (Å²) in [5, 5.41) is 2.69. The van der Waals surface area contributed by atoms with Crippen LogP contribution in [-0.2, 0) is 9.53 Å². The molecule has 1 amide bonds. The average Bonchev–Trinajstić information content (AvgIpc) is 2.49. The molecule has 0 atom stereocenters. The fourth-order valence-electron chi connectivity index (χ4n) is 1.60. The van der Waals surface area contributed by atoms with Gasteiger partial charge in [0.25, 0.3) is 0 Å². The minimum absolute atomic E-state index is 0.133. The number of ether oxygens (including phenoxy) is 2. The largest absolute Gasteiger partial charge is 0.491 e. The topological polar surface area (TPSA) is 64.6 Å². The summed E-state index contributed by atoms with van der Waals surface area (Å²) in [6.45, 7) is 2.36. The van der Waals surface area contributed by atoms with Gasteiger partial charge >= 0.3 is 5.97 Å². The first-order valence-corrected chi connectivity index (χ1v) is 6.34. The quantitative estimate of drug-likeness (QED) is 0.851. The third-order valence-corrected chi connectivity index (χ3v) is 3.08. The Kier molecular flexibility index (Phi) is 3.86. The highest BCUT2D eigenvalue weighted by Crippen LogP contribution is 2.33. The molecule has 0 unspecified atom stereocenters. The summed E-state index contributed by atoms with van der Waals surface area (Å²) in [6, 6.07) is 3.22. The molecule has 0 spiro atoms. The Balaban J connectivity index is 2.39. The molecule has 96 valence electrons. The average molecular weight is 314 g/mol. The second-order valence-electron chi connectivity index (χ2n) is 3.70. The zero-order valence-corrected chi connectivity index (χ0v) is 11.4. The molecule has 1 aromatic rings. The van der Waals surface area contributed by atoms with E-state index in [1.165, 1.54) is 0 Å². The molecule has 0 saturated carbocycles. The summed E-state index contributed by atoms with van der Waals surface area (Å²) in [5.41, 5.74) is 0.852. The van der Waals surface area contributed by atoms with Gasteiger partial charge in [0.05, 0.1) is 30.9 Å². The smallest absolute Gasteiger partial charge is 0.339 e. The maximum absolute atomic E-state index is 11.7. The molecule has 18 heavy (non-hydrogen) atoms. The Morgan fingerprint density at radius 2 is 2.33 bits per heavy atom. The molecule has 0 aromatic heterocycles. The van der Waals surface area contributed by atoms with Crippen LogP contribution in [0, 0.1) is 0 Å². The summed E-state index contributed by atoms with van der Waals surface area (Å²) >= 11 is 3.29. The van der Waals surface area contributed by atoms with Crippen molar-refractivity contribution in [1.29, 1.82) is 0 Å². The van der Waals surface area contributed by atoms with Crippen molar-refractivity contribution in [2.24, 2.45) is 0 Å². The van der Waals surface area contributed by atoms with E-state index in [4.69, 9.17) is 9.47 Å². The molecule has 0 saturated heterocycles. The van der Waals surface area contributed by atoms with E-state index in [1.54, 1.807) is 19.1 Å². The molecule has 1 heterocycles. The number of esters is 1. The van der Waals surface area contributed by atoms with Crippen molar-refractivity contribution < 1.29 is 19.1 Å². The predicted octanol–water partition coefficient (Wildman–Crippen LogP) is 2.35. The summed E-state index contributed by atoms with van der Waals surface area (Å²) in [5.74, 6) is -0.0303. The Bertz CT molecular complexity index is 501. The lowest BCUT2D eigenvalue weighted by atomic mass is 10.2. The number of fused-ring (bicyclic) bond motifs is 1. The van der Waals surface area contributed by atoms with Gasteiger partial charge in [0, 0.05) is 4.47 Å². The van der Waals surface area contributed by atoms with E-state index in [9.17, 15) is 9.59 Å². The molecule has 0 bridgehead atoms. The van der Waals surface area contributed by atoms with Crippen LogP contribution in [0.1, 0.15) is 23.7 Å². The molecule has 5 nitrogen and oxygen atoms in total. The van der Waals surface area contributed by atoms with Crippen LogP contribution in [0.4, 0.5) is 5.69 Å². The predicted molar refractivity (Wildman–Crippen MR) is 68.8 cm³/mol. The van der Waals surface area contributed by atoms with Crippen molar-refractivity contribution in [1.82, 2.24) is 0 Å². The summed E-state index contributed by atoms with van der Waals surface area (Å²) in [4.78, 5) is 23.1. The van der Waals surface area contributed by atoms with Crippen molar-refractivity contribution in [3.63, 3.8) is 0 Å². The molecule has 2 rings (SSSR count). The maximum atomic E-state index is 11.7. The first-order valence-electron chi connectivity index (χ1n) is 5.55. The highest BCUT2D eigenvalue weighted by atomic mass is 79.9. The zero-order valence-electron chi connectivity index (χ0n) is 9.79. The molecule has 1 aliphatic rings. The Morgan fingerprint density at radius 1 is 1.56 bits per heavy atom. The number of carbonyl (C=O) groups excluding carboxylic acids is 2. The van der Waals surface area contributed by atoms with Gasteiger partial charge in [0.1, 0.15) is 5.75 Å². The Morgan fingerprint density at radius 3 is 3.06 bits per heavy atom. The van der Waals surface area contributed by atoms with Gasteiger partial charge in [-0.25, -0.2) is 4.79 Å². The molecule has 0 fully saturated rings. The van der Waals surface area contributed by atoms with E-state index in [0.717, 1.165) is 0 Å². The summed E-state index contributed by atoms with van der Waals surface area (Å²) < 4.78 is 10.9. The van der Waals surface area contributed by atoms with Gasteiger partial charge in [-0.2, -0.15) is 0 Å². The molecule has 0 aliphatic carbocycles. The van der Waals surface area contributed by atoms with Gasteiger partial charge in [0.15, 0.2) is 0 Å². The minimum atomic E-state index is -0.439. The summed E-state index contributed by atoms with van der Waals surface area (Å²) in [7, 11) is 0. The molecule has 0 radical (unpaired) electrons. The van der Waals surface area contributed by atoms with Crippen LogP contribution in [-0.4, -0.2) is 25.1 Å².